The van der Waals surface area contributed by atoms with Gasteiger partial charge in [-0.2, -0.15) is 0 Å². The molecule has 0 saturated carbocycles. The fraction of sp³-hybridized carbons (Fsp3) is 0.351. The first-order valence-corrected chi connectivity index (χ1v) is 15.6. The lowest BCUT2D eigenvalue weighted by atomic mass is 9.81. The van der Waals surface area contributed by atoms with E-state index in [1.807, 2.05) is 51.1 Å². The smallest absolute Gasteiger partial charge is 0.261 e. The quantitative estimate of drug-likeness (QED) is 0.156. The predicted octanol–water partition coefficient (Wildman–Crippen LogP) is 7.81. The molecule has 0 spiro atoms. The van der Waals surface area contributed by atoms with Gasteiger partial charge in [0.1, 0.15) is 29.8 Å². The summed E-state index contributed by atoms with van der Waals surface area (Å²) in [7, 11) is 0. The molecule has 7 nitrogen and oxygen atoms in total. The van der Waals surface area contributed by atoms with Crippen LogP contribution >= 0.6 is 0 Å². The standard InChI is InChI=1S/C37H38F3N3O4/c1-22(2)34(44)42(18-17-25(21-38)43-35(45)26-13-9-10-14-27(26)36(43)46)32(37(3,4)5)31-30(19-23-11-7-6-8-12-23)47-33(41-31)28-20-24(39)15-16-29(28)40/h6-16,20,22,25,32H,17-19,21H2,1-5H3/t25-,32-/m0/s1. The minimum atomic E-state index is -1.12. The van der Waals surface area contributed by atoms with Crippen molar-refractivity contribution in [2.45, 2.75) is 59.5 Å². The molecule has 246 valence electrons. The number of fused-ring (bicyclic) bond motifs is 1. The molecule has 0 saturated heterocycles. The molecule has 5 rings (SSSR count). The summed E-state index contributed by atoms with van der Waals surface area (Å²) in [5, 5.41) is 0. The van der Waals surface area contributed by atoms with Crippen LogP contribution in [0.1, 0.15) is 84.8 Å². The third-order valence-electron chi connectivity index (χ3n) is 8.33. The van der Waals surface area contributed by atoms with Crippen molar-refractivity contribution in [3.63, 3.8) is 0 Å². The third kappa shape index (κ3) is 6.87. The van der Waals surface area contributed by atoms with Crippen molar-refractivity contribution in [3.8, 4) is 11.5 Å². The topological polar surface area (TPSA) is 83.7 Å². The lowest BCUT2D eigenvalue weighted by Gasteiger charge is -2.41. The maximum absolute atomic E-state index is 15.0. The van der Waals surface area contributed by atoms with E-state index in [1.165, 1.54) is 12.1 Å². The van der Waals surface area contributed by atoms with E-state index in [4.69, 9.17) is 9.40 Å². The SMILES string of the molecule is CC(C)C(=O)N(CC[C@@H](CF)N1C(=O)c2ccccc2C1=O)[C@@H](c1nc(-c2cc(F)ccc2F)oc1Cc1ccccc1)C(C)(C)C. The Morgan fingerprint density at radius 2 is 1.53 bits per heavy atom. The second kappa shape index (κ2) is 13.6. The molecule has 4 aromatic rings. The highest BCUT2D eigenvalue weighted by Gasteiger charge is 2.43. The van der Waals surface area contributed by atoms with Crippen LogP contribution < -0.4 is 0 Å². The average molecular weight is 646 g/mol. The molecule has 3 amide bonds. The van der Waals surface area contributed by atoms with Crippen molar-refractivity contribution in [1.29, 1.82) is 0 Å². The van der Waals surface area contributed by atoms with Gasteiger partial charge in [0.15, 0.2) is 0 Å². The lowest BCUT2D eigenvalue weighted by Crippen LogP contribution is -2.47. The molecule has 1 aromatic heterocycles. The summed E-state index contributed by atoms with van der Waals surface area (Å²) in [5.41, 5.74) is 0.793. The molecular formula is C37H38F3N3O4. The summed E-state index contributed by atoms with van der Waals surface area (Å²) in [5.74, 6) is -3.07. The number of carbonyl (C=O) groups excluding carboxylic acids is 3. The number of hydrogen-bond donors (Lipinski definition) is 0. The van der Waals surface area contributed by atoms with Crippen LogP contribution in [0.4, 0.5) is 13.2 Å². The van der Waals surface area contributed by atoms with E-state index in [2.05, 4.69) is 0 Å². The molecule has 2 atom stereocenters. The van der Waals surface area contributed by atoms with Gasteiger partial charge < -0.3 is 9.32 Å². The fourth-order valence-corrected chi connectivity index (χ4v) is 6.09. The van der Waals surface area contributed by atoms with Crippen LogP contribution in [-0.4, -0.2) is 51.8 Å². The summed E-state index contributed by atoms with van der Waals surface area (Å²) in [6.07, 6.45) is 0.211. The third-order valence-corrected chi connectivity index (χ3v) is 8.33. The highest BCUT2D eigenvalue weighted by molar-refractivity contribution is 6.21. The van der Waals surface area contributed by atoms with Crippen molar-refractivity contribution >= 4 is 17.7 Å². The zero-order valence-electron chi connectivity index (χ0n) is 27.1. The Bertz CT molecular complexity index is 1750. The molecule has 0 radical (unpaired) electrons. The van der Waals surface area contributed by atoms with Crippen LogP contribution in [0.15, 0.2) is 77.2 Å². The Hall–Kier alpha value is -4.73. The molecule has 10 heteroatoms. The first-order chi connectivity index (χ1) is 22.3. The number of carbonyl (C=O) groups is 3. The van der Waals surface area contributed by atoms with Gasteiger partial charge in [-0.1, -0.05) is 77.1 Å². The van der Waals surface area contributed by atoms with Gasteiger partial charge in [-0.25, -0.2) is 18.2 Å². The molecule has 1 aliphatic rings. The van der Waals surface area contributed by atoms with E-state index in [0.29, 0.717) is 11.5 Å². The van der Waals surface area contributed by atoms with Gasteiger partial charge in [-0.15, -0.1) is 0 Å². The Labute approximate surface area is 272 Å². The minimum Gasteiger partial charge on any atom is -0.440 e. The van der Waals surface area contributed by atoms with Crippen molar-refractivity contribution < 1.29 is 32.0 Å². The van der Waals surface area contributed by atoms with Crippen LogP contribution in [0.25, 0.3) is 11.5 Å². The minimum absolute atomic E-state index is 0.0256. The largest absolute Gasteiger partial charge is 0.440 e. The lowest BCUT2D eigenvalue weighted by molar-refractivity contribution is -0.140. The van der Waals surface area contributed by atoms with Gasteiger partial charge in [-0.05, 0) is 47.7 Å². The normalized spacial score (nSPS) is 14.4. The van der Waals surface area contributed by atoms with Crippen molar-refractivity contribution in [1.82, 2.24) is 14.8 Å². The van der Waals surface area contributed by atoms with E-state index in [1.54, 1.807) is 30.9 Å². The van der Waals surface area contributed by atoms with E-state index in [-0.39, 0.29) is 47.9 Å². The summed E-state index contributed by atoms with van der Waals surface area (Å²) >= 11 is 0. The van der Waals surface area contributed by atoms with E-state index >= 15 is 0 Å². The number of benzene rings is 3. The van der Waals surface area contributed by atoms with E-state index in [9.17, 15) is 27.6 Å². The summed E-state index contributed by atoms with van der Waals surface area (Å²) in [4.78, 5) is 47.6. The highest BCUT2D eigenvalue weighted by Crippen LogP contribution is 2.42. The van der Waals surface area contributed by atoms with Crippen molar-refractivity contribution in [2.24, 2.45) is 11.3 Å². The number of rotatable bonds is 11. The number of halogens is 3. The number of hydrogen-bond acceptors (Lipinski definition) is 5. The van der Waals surface area contributed by atoms with E-state index < -0.39 is 53.5 Å². The molecule has 3 aromatic carbocycles. The summed E-state index contributed by atoms with van der Waals surface area (Å²) < 4.78 is 50.1. The van der Waals surface area contributed by atoms with Gasteiger partial charge in [-0.3, -0.25) is 19.3 Å². The number of nitrogens with zero attached hydrogens (tertiary/aromatic N) is 3. The van der Waals surface area contributed by atoms with Gasteiger partial charge in [0.2, 0.25) is 11.8 Å². The Balaban J connectivity index is 1.57. The zero-order valence-corrected chi connectivity index (χ0v) is 27.1. The van der Waals surface area contributed by atoms with Gasteiger partial charge in [0.05, 0.1) is 28.8 Å². The predicted molar refractivity (Wildman–Crippen MR) is 171 cm³/mol. The number of aromatic nitrogens is 1. The molecule has 1 aliphatic heterocycles. The van der Waals surface area contributed by atoms with Gasteiger partial charge in [0, 0.05) is 18.9 Å². The maximum atomic E-state index is 15.0. The Morgan fingerprint density at radius 1 is 0.915 bits per heavy atom. The highest BCUT2D eigenvalue weighted by atomic mass is 19.1. The molecule has 2 heterocycles. The van der Waals surface area contributed by atoms with Gasteiger partial charge in [0.25, 0.3) is 11.8 Å². The second-order valence-corrected chi connectivity index (χ2v) is 13.2. The van der Waals surface area contributed by atoms with Crippen molar-refractivity contribution in [3.05, 3.63) is 113 Å². The number of amides is 3. The molecule has 0 unspecified atom stereocenters. The summed E-state index contributed by atoms with van der Waals surface area (Å²) in [6, 6.07) is 16.9. The van der Waals surface area contributed by atoms with Gasteiger partial charge >= 0.3 is 0 Å². The molecule has 0 fully saturated rings. The molecule has 0 bridgehead atoms. The van der Waals surface area contributed by atoms with E-state index in [0.717, 1.165) is 28.7 Å². The van der Waals surface area contributed by atoms with Crippen LogP contribution in [0.3, 0.4) is 0 Å². The first-order valence-electron chi connectivity index (χ1n) is 15.6. The van der Waals surface area contributed by atoms with Crippen LogP contribution in [0.2, 0.25) is 0 Å². The molecule has 47 heavy (non-hydrogen) atoms. The Kier molecular flexibility index (Phi) is 9.70. The van der Waals surface area contributed by atoms with Crippen molar-refractivity contribution in [2.75, 3.05) is 13.2 Å². The average Bonchev–Trinajstić information content (AvgIpc) is 3.55. The fourth-order valence-electron chi connectivity index (χ4n) is 6.09. The zero-order chi connectivity index (χ0) is 34.0. The Morgan fingerprint density at radius 3 is 2.11 bits per heavy atom. The molecule has 0 N–H and O–H groups in total. The molecule has 0 aliphatic carbocycles. The molecular weight excluding hydrogens is 607 g/mol. The summed E-state index contributed by atoms with van der Waals surface area (Å²) in [6.45, 7) is 8.21. The first kappa shape index (κ1) is 33.6. The number of alkyl halides is 1. The monoisotopic (exact) mass is 645 g/mol. The van der Waals surface area contributed by atoms with Crippen LogP contribution in [-0.2, 0) is 11.2 Å². The number of imide groups is 1. The maximum Gasteiger partial charge on any atom is 0.261 e. The van der Waals surface area contributed by atoms with Crippen LogP contribution in [0, 0.1) is 23.0 Å². The van der Waals surface area contributed by atoms with Crippen LogP contribution in [0.5, 0.6) is 0 Å². The second-order valence-electron chi connectivity index (χ2n) is 13.2. The number of oxazole rings is 1.